The molecule has 0 radical (unpaired) electrons. The molecule has 0 bridgehead atoms. The number of carbonyl (C=O) groups is 1. The highest BCUT2D eigenvalue weighted by Crippen LogP contribution is 2.37. The summed E-state index contributed by atoms with van der Waals surface area (Å²) in [6.45, 7) is 6.19. The zero-order chi connectivity index (χ0) is 19.0. The average Bonchev–Trinajstić information content (AvgIpc) is 2.99. The smallest absolute Gasteiger partial charge is 0.265 e. The Hall–Kier alpha value is -1.59. The SMILES string of the molecule is Cc1ccc(CN2CCN(C(=O)c3sc4cc(Cl)ccc4c3Cl)CC2)cc1. The van der Waals surface area contributed by atoms with Crippen LogP contribution in [0.15, 0.2) is 42.5 Å². The van der Waals surface area contributed by atoms with Crippen LogP contribution in [0.1, 0.15) is 20.8 Å². The molecule has 0 unspecified atom stereocenters. The fraction of sp³-hybridized carbons (Fsp3) is 0.286. The fourth-order valence-electron chi connectivity index (χ4n) is 3.38. The second-order valence-electron chi connectivity index (χ2n) is 6.94. The maximum atomic E-state index is 13.0. The van der Waals surface area contributed by atoms with Crippen molar-refractivity contribution in [2.24, 2.45) is 0 Å². The number of benzene rings is 2. The van der Waals surface area contributed by atoms with Crippen LogP contribution in [0.4, 0.5) is 0 Å². The molecule has 4 rings (SSSR count). The van der Waals surface area contributed by atoms with Crippen LogP contribution in [0.3, 0.4) is 0 Å². The number of hydrogen-bond donors (Lipinski definition) is 0. The Balaban J connectivity index is 1.43. The van der Waals surface area contributed by atoms with Gasteiger partial charge in [-0.2, -0.15) is 0 Å². The normalized spacial score (nSPS) is 15.4. The van der Waals surface area contributed by atoms with E-state index in [9.17, 15) is 4.79 Å². The fourth-order valence-corrected chi connectivity index (χ4v) is 5.14. The molecule has 27 heavy (non-hydrogen) atoms. The third-order valence-electron chi connectivity index (χ3n) is 4.97. The number of thiophene rings is 1. The first kappa shape index (κ1) is 18.8. The monoisotopic (exact) mass is 418 g/mol. The first-order chi connectivity index (χ1) is 13.0. The summed E-state index contributed by atoms with van der Waals surface area (Å²) in [5.41, 5.74) is 2.58. The Bertz CT molecular complexity index is 976. The summed E-state index contributed by atoms with van der Waals surface area (Å²) in [6, 6.07) is 14.2. The van der Waals surface area contributed by atoms with Crippen LogP contribution in [0.5, 0.6) is 0 Å². The molecule has 0 aliphatic carbocycles. The van der Waals surface area contributed by atoms with Crippen LogP contribution in [-0.4, -0.2) is 41.9 Å². The van der Waals surface area contributed by atoms with Gasteiger partial charge in [0.2, 0.25) is 0 Å². The third-order valence-corrected chi connectivity index (χ3v) is 6.85. The highest BCUT2D eigenvalue weighted by Gasteiger charge is 2.26. The number of halogens is 2. The Labute approximate surface area is 173 Å². The molecule has 6 heteroatoms. The number of amides is 1. The van der Waals surface area contributed by atoms with Gasteiger partial charge in [0.1, 0.15) is 4.88 Å². The molecule has 0 N–H and O–H groups in total. The second-order valence-corrected chi connectivity index (χ2v) is 8.81. The van der Waals surface area contributed by atoms with Gasteiger partial charge >= 0.3 is 0 Å². The maximum absolute atomic E-state index is 13.0. The highest BCUT2D eigenvalue weighted by molar-refractivity contribution is 7.21. The van der Waals surface area contributed by atoms with Gasteiger partial charge in [-0.05, 0) is 24.6 Å². The Kier molecular flexibility index (Phi) is 5.42. The molecule has 0 spiro atoms. The number of piperazine rings is 1. The predicted octanol–water partition coefficient (Wildman–Crippen LogP) is 5.47. The zero-order valence-corrected chi connectivity index (χ0v) is 17.4. The number of fused-ring (bicyclic) bond motifs is 1. The third kappa shape index (κ3) is 3.99. The number of nitrogens with zero attached hydrogens (tertiary/aromatic N) is 2. The van der Waals surface area contributed by atoms with Crippen molar-refractivity contribution < 1.29 is 4.79 Å². The molecular weight excluding hydrogens is 399 g/mol. The number of hydrogen-bond acceptors (Lipinski definition) is 3. The van der Waals surface area contributed by atoms with Crippen molar-refractivity contribution in [2.45, 2.75) is 13.5 Å². The topological polar surface area (TPSA) is 23.6 Å². The minimum Gasteiger partial charge on any atom is -0.335 e. The van der Waals surface area contributed by atoms with Crippen molar-refractivity contribution in [3.05, 3.63) is 68.5 Å². The Morgan fingerprint density at radius 2 is 1.74 bits per heavy atom. The predicted molar refractivity (Wildman–Crippen MR) is 114 cm³/mol. The molecule has 3 nitrogen and oxygen atoms in total. The standard InChI is InChI=1S/C21H20Cl2N2OS/c1-14-2-4-15(5-3-14)13-24-8-10-25(11-9-24)21(26)20-19(23)17-7-6-16(22)12-18(17)27-20/h2-7,12H,8-11,13H2,1H3. The van der Waals surface area contributed by atoms with Gasteiger partial charge in [0.05, 0.1) is 5.02 Å². The van der Waals surface area contributed by atoms with Gasteiger partial charge in [0, 0.05) is 47.8 Å². The van der Waals surface area contributed by atoms with Gasteiger partial charge in [-0.25, -0.2) is 0 Å². The summed E-state index contributed by atoms with van der Waals surface area (Å²) in [7, 11) is 0. The van der Waals surface area contributed by atoms with Crippen LogP contribution in [-0.2, 0) is 6.54 Å². The van der Waals surface area contributed by atoms with Gasteiger partial charge < -0.3 is 4.90 Å². The quantitative estimate of drug-likeness (QED) is 0.562. The summed E-state index contributed by atoms with van der Waals surface area (Å²) in [6.07, 6.45) is 0. The molecule has 1 saturated heterocycles. The van der Waals surface area contributed by atoms with Crippen molar-refractivity contribution in [3.63, 3.8) is 0 Å². The van der Waals surface area contributed by atoms with Crippen LogP contribution >= 0.6 is 34.5 Å². The first-order valence-electron chi connectivity index (χ1n) is 8.96. The van der Waals surface area contributed by atoms with E-state index in [0.717, 1.165) is 42.8 Å². The molecule has 140 valence electrons. The molecule has 1 aliphatic rings. The summed E-state index contributed by atoms with van der Waals surface area (Å²) < 4.78 is 0.953. The molecule has 1 aromatic heterocycles. The van der Waals surface area contributed by atoms with Gasteiger partial charge in [0.25, 0.3) is 5.91 Å². The Morgan fingerprint density at radius 1 is 1.04 bits per heavy atom. The summed E-state index contributed by atoms with van der Waals surface area (Å²) in [4.78, 5) is 17.9. The molecule has 1 fully saturated rings. The average molecular weight is 419 g/mol. The van der Waals surface area contributed by atoms with Crippen molar-refractivity contribution in [1.82, 2.24) is 9.80 Å². The van der Waals surface area contributed by atoms with E-state index in [2.05, 4.69) is 36.1 Å². The maximum Gasteiger partial charge on any atom is 0.265 e. The molecule has 2 aromatic carbocycles. The lowest BCUT2D eigenvalue weighted by atomic mass is 10.1. The minimum atomic E-state index is 0.0207. The van der Waals surface area contributed by atoms with Gasteiger partial charge in [-0.3, -0.25) is 9.69 Å². The van der Waals surface area contributed by atoms with E-state index in [4.69, 9.17) is 23.2 Å². The van der Waals surface area contributed by atoms with E-state index in [0.29, 0.717) is 14.9 Å². The summed E-state index contributed by atoms with van der Waals surface area (Å²) in [5.74, 6) is 0.0207. The van der Waals surface area contributed by atoms with Crippen molar-refractivity contribution in [2.75, 3.05) is 26.2 Å². The van der Waals surface area contributed by atoms with E-state index in [1.165, 1.54) is 22.5 Å². The van der Waals surface area contributed by atoms with Gasteiger partial charge in [-0.1, -0.05) is 59.1 Å². The largest absolute Gasteiger partial charge is 0.335 e. The van der Waals surface area contributed by atoms with Crippen molar-refractivity contribution in [3.8, 4) is 0 Å². The van der Waals surface area contributed by atoms with Crippen LogP contribution < -0.4 is 0 Å². The lowest BCUT2D eigenvalue weighted by molar-refractivity contribution is 0.0633. The molecular formula is C21H20Cl2N2OS. The molecule has 1 amide bonds. The zero-order valence-electron chi connectivity index (χ0n) is 15.0. The molecule has 0 saturated carbocycles. The molecule has 1 aliphatic heterocycles. The Morgan fingerprint density at radius 3 is 2.44 bits per heavy atom. The van der Waals surface area contributed by atoms with E-state index in [1.54, 1.807) is 6.07 Å². The van der Waals surface area contributed by atoms with Crippen LogP contribution in [0.25, 0.3) is 10.1 Å². The van der Waals surface area contributed by atoms with E-state index < -0.39 is 0 Å². The van der Waals surface area contributed by atoms with E-state index in [1.807, 2.05) is 17.0 Å². The van der Waals surface area contributed by atoms with Crippen LogP contribution in [0.2, 0.25) is 10.0 Å². The molecule has 2 heterocycles. The lowest BCUT2D eigenvalue weighted by Crippen LogP contribution is -2.48. The molecule has 0 atom stereocenters. The second kappa shape index (κ2) is 7.80. The van der Waals surface area contributed by atoms with Crippen molar-refractivity contribution in [1.29, 1.82) is 0 Å². The summed E-state index contributed by atoms with van der Waals surface area (Å²) in [5, 5.41) is 2.09. The van der Waals surface area contributed by atoms with E-state index in [-0.39, 0.29) is 5.91 Å². The number of rotatable bonds is 3. The minimum absolute atomic E-state index is 0.0207. The van der Waals surface area contributed by atoms with Gasteiger partial charge in [0.15, 0.2) is 0 Å². The highest BCUT2D eigenvalue weighted by atomic mass is 35.5. The van der Waals surface area contributed by atoms with Gasteiger partial charge in [-0.15, -0.1) is 11.3 Å². The van der Waals surface area contributed by atoms with Crippen molar-refractivity contribution >= 4 is 50.5 Å². The summed E-state index contributed by atoms with van der Waals surface area (Å²) >= 11 is 14.0. The lowest BCUT2D eigenvalue weighted by Gasteiger charge is -2.34. The number of aryl methyl sites for hydroxylation is 1. The van der Waals surface area contributed by atoms with E-state index >= 15 is 0 Å². The molecule has 3 aromatic rings. The number of carbonyl (C=O) groups excluding carboxylic acids is 1. The first-order valence-corrected chi connectivity index (χ1v) is 10.5. The van der Waals surface area contributed by atoms with Crippen LogP contribution in [0, 0.1) is 6.92 Å².